The number of carbonyl (C=O) groups excluding carboxylic acids is 5. The Labute approximate surface area is 358 Å². The van der Waals surface area contributed by atoms with Crippen molar-refractivity contribution in [3.8, 4) is 0 Å². The summed E-state index contributed by atoms with van der Waals surface area (Å²) in [6.45, 7) is 11.1. The summed E-state index contributed by atoms with van der Waals surface area (Å²) >= 11 is 0. The molecule has 1 unspecified atom stereocenters. The van der Waals surface area contributed by atoms with Gasteiger partial charge in [0, 0.05) is 95.1 Å². The maximum Gasteiger partial charge on any atom is 0.264 e. The number of benzene rings is 3. The zero-order chi connectivity index (χ0) is 42.8. The van der Waals surface area contributed by atoms with Crippen LogP contribution >= 0.6 is 0 Å². The molecule has 0 radical (unpaired) electrons. The van der Waals surface area contributed by atoms with Crippen LogP contribution in [0.5, 0.6) is 0 Å². The molecule has 0 aliphatic carbocycles. The number of hydrogen-bond acceptors (Lipinski definition) is 10. The number of carbonyl (C=O) groups is 5. The van der Waals surface area contributed by atoms with Crippen LogP contribution in [-0.2, 0) is 20.9 Å². The van der Waals surface area contributed by atoms with Crippen LogP contribution in [0.2, 0.25) is 0 Å². The molecule has 5 aliphatic heterocycles. The number of hydrogen-bond donors (Lipinski definition) is 2. The molecule has 5 heterocycles. The molecule has 8 rings (SSSR count). The lowest BCUT2D eigenvalue weighted by molar-refractivity contribution is -0.136. The Bertz CT molecular complexity index is 2110. The van der Waals surface area contributed by atoms with Crippen molar-refractivity contribution in [2.75, 3.05) is 89.3 Å². The van der Waals surface area contributed by atoms with E-state index in [9.17, 15) is 28.4 Å². The molecule has 2 N–H and O–H groups in total. The second-order valence-electron chi connectivity index (χ2n) is 17.7. The smallest absolute Gasteiger partial charge is 0.264 e. The van der Waals surface area contributed by atoms with E-state index in [1.165, 1.54) is 11.3 Å². The van der Waals surface area contributed by atoms with Crippen molar-refractivity contribution in [1.82, 2.24) is 30.2 Å². The number of anilines is 2. The quantitative estimate of drug-likeness (QED) is 0.172. The van der Waals surface area contributed by atoms with Gasteiger partial charge in [0.05, 0.1) is 22.7 Å². The second kappa shape index (κ2) is 18.4. The van der Waals surface area contributed by atoms with Crippen LogP contribution in [0.4, 0.5) is 15.8 Å². The number of nitrogens with one attached hydrogen (secondary N) is 2. The van der Waals surface area contributed by atoms with E-state index in [0.29, 0.717) is 43.8 Å². The van der Waals surface area contributed by atoms with Gasteiger partial charge in [-0.3, -0.25) is 44.0 Å². The Balaban J connectivity index is 0.708. The number of piperidine rings is 1. The van der Waals surface area contributed by atoms with Gasteiger partial charge < -0.3 is 20.0 Å². The number of fused-ring (bicyclic) bond motifs is 1. The highest BCUT2D eigenvalue weighted by atomic mass is 19.1. The molecule has 0 spiro atoms. The molecule has 3 atom stereocenters. The number of unbranched alkanes of at least 4 members (excludes halogenated alkanes) is 3. The van der Waals surface area contributed by atoms with Crippen LogP contribution in [0.15, 0.2) is 60.7 Å². The lowest BCUT2D eigenvalue weighted by Gasteiger charge is -2.40. The fraction of sp³-hybridized carbons (Fsp3) is 0.511. The van der Waals surface area contributed by atoms with Crippen molar-refractivity contribution in [3.05, 3.63) is 94.3 Å². The van der Waals surface area contributed by atoms with E-state index >= 15 is 0 Å². The van der Waals surface area contributed by atoms with E-state index in [1.54, 1.807) is 30.3 Å². The third-order valence-corrected chi connectivity index (χ3v) is 13.6. The van der Waals surface area contributed by atoms with Crippen molar-refractivity contribution >= 4 is 40.9 Å². The first-order chi connectivity index (χ1) is 29.5. The van der Waals surface area contributed by atoms with Gasteiger partial charge in [0.1, 0.15) is 11.9 Å². The van der Waals surface area contributed by atoms with Crippen LogP contribution in [0.1, 0.15) is 81.8 Å². The standard InChI is InChI=1S/C47H59FN8O5/c1-31-10-8-12-38(48)36(31)28-53-29-37(41(30-53)51(2)3)32-14-16-34(17-15-32)54-24-22-52(23-25-54)21-7-5-4-6-20-49-44(58)33-26-55(27-33)39-13-9-11-35-43(39)47(61)56(46(35)60)40-18-19-42(57)50-45(40)59/h8-17,33,37,40-41H,4-7,18-30H2,1-3H3,(H,49,58)(H,50,57,59)/t37-,40?,41+/m1/s1. The van der Waals surface area contributed by atoms with E-state index in [1.807, 2.05) is 17.9 Å². The Morgan fingerprint density at radius 2 is 1.56 bits per heavy atom. The zero-order valence-electron chi connectivity index (χ0n) is 35.7. The van der Waals surface area contributed by atoms with Gasteiger partial charge in [-0.2, -0.15) is 0 Å². The first-order valence-electron chi connectivity index (χ1n) is 22.0. The first-order valence-corrected chi connectivity index (χ1v) is 22.0. The Morgan fingerprint density at radius 1 is 0.820 bits per heavy atom. The molecule has 13 nitrogen and oxygen atoms in total. The molecule has 0 bridgehead atoms. The fourth-order valence-electron chi connectivity index (χ4n) is 9.87. The third kappa shape index (κ3) is 9.08. The Morgan fingerprint density at radius 3 is 2.28 bits per heavy atom. The number of aryl methyl sites for hydroxylation is 1. The maximum atomic E-state index is 14.6. The van der Waals surface area contributed by atoms with Crippen molar-refractivity contribution in [3.63, 3.8) is 0 Å². The van der Waals surface area contributed by atoms with Crippen LogP contribution in [0, 0.1) is 18.7 Å². The largest absolute Gasteiger partial charge is 0.369 e. The lowest BCUT2D eigenvalue weighted by atomic mass is 9.93. The highest BCUT2D eigenvalue weighted by Crippen LogP contribution is 2.37. The summed E-state index contributed by atoms with van der Waals surface area (Å²) < 4.78 is 14.6. The SMILES string of the molecule is Cc1cccc(F)c1CN1C[C@H](c2ccc(N3CCN(CCCCCCNC(=O)C4CN(c5cccc6c5C(=O)N(C5CCC(=O)NC5=O)C6=O)C4)CC3)cc2)[C@@H](N(C)C)C1. The molecule has 4 fully saturated rings. The summed E-state index contributed by atoms with van der Waals surface area (Å²) in [7, 11) is 4.29. The number of nitrogens with zero attached hydrogens (tertiary/aromatic N) is 6. The lowest BCUT2D eigenvalue weighted by Crippen LogP contribution is -2.55. The topological polar surface area (TPSA) is 129 Å². The highest BCUT2D eigenvalue weighted by molar-refractivity contribution is 6.25. The molecular weight excluding hydrogens is 776 g/mol. The van der Waals surface area contributed by atoms with E-state index in [2.05, 4.69) is 68.6 Å². The van der Waals surface area contributed by atoms with Crippen LogP contribution < -0.4 is 20.4 Å². The van der Waals surface area contributed by atoms with Gasteiger partial charge in [-0.15, -0.1) is 0 Å². The van der Waals surface area contributed by atoms with Gasteiger partial charge in [-0.25, -0.2) is 4.39 Å². The second-order valence-corrected chi connectivity index (χ2v) is 17.7. The molecule has 5 amide bonds. The van der Waals surface area contributed by atoms with Crippen molar-refractivity contribution < 1.29 is 28.4 Å². The molecule has 324 valence electrons. The Hall–Kier alpha value is -5.18. The number of rotatable bonds is 15. The zero-order valence-corrected chi connectivity index (χ0v) is 35.7. The normalized spacial score (nSPS) is 22.6. The summed E-state index contributed by atoms with van der Waals surface area (Å²) in [5.74, 6) is -2.08. The van der Waals surface area contributed by atoms with E-state index in [4.69, 9.17) is 0 Å². The average Bonchev–Trinajstić information content (AvgIpc) is 3.77. The minimum absolute atomic E-state index is 0.00133. The fourth-order valence-corrected chi connectivity index (χ4v) is 9.87. The van der Waals surface area contributed by atoms with Crippen LogP contribution in [0.25, 0.3) is 0 Å². The predicted molar refractivity (Wildman–Crippen MR) is 232 cm³/mol. The molecule has 0 aromatic heterocycles. The predicted octanol–water partition coefficient (Wildman–Crippen LogP) is 4.00. The summed E-state index contributed by atoms with van der Waals surface area (Å²) in [6, 6.07) is 18.9. The van der Waals surface area contributed by atoms with Crippen molar-refractivity contribution in [2.45, 2.75) is 70.0 Å². The molecule has 3 aromatic rings. The Kier molecular flexibility index (Phi) is 12.8. The van der Waals surface area contributed by atoms with E-state index in [0.717, 1.165) is 87.5 Å². The number of likely N-dealkylation sites (tertiary alicyclic amines) is 1. The summed E-state index contributed by atoms with van der Waals surface area (Å²) in [5.41, 5.74) is 5.51. The van der Waals surface area contributed by atoms with Gasteiger partial charge in [0.15, 0.2) is 0 Å². The summed E-state index contributed by atoms with van der Waals surface area (Å²) in [6.07, 6.45) is 4.39. The summed E-state index contributed by atoms with van der Waals surface area (Å²) in [4.78, 5) is 76.4. The van der Waals surface area contributed by atoms with E-state index in [-0.39, 0.29) is 41.6 Å². The van der Waals surface area contributed by atoms with Crippen LogP contribution in [-0.4, -0.2) is 141 Å². The van der Waals surface area contributed by atoms with E-state index < -0.39 is 29.7 Å². The van der Waals surface area contributed by atoms with Gasteiger partial charge in [0.2, 0.25) is 17.7 Å². The number of piperazine rings is 1. The minimum atomic E-state index is -1.02. The number of halogens is 1. The molecule has 4 saturated heterocycles. The number of likely N-dealkylation sites (N-methyl/N-ethyl adjacent to an activating group) is 1. The molecule has 14 heteroatoms. The molecule has 0 saturated carbocycles. The highest BCUT2D eigenvalue weighted by Gasteiger charge is 2.47. The third-order valence-electron chi connectivity index (χ3n) is 13.6. The number of amides is 5. The molecular formula is C47H59FN8O5. The van der Waals surface area contributed by atoms with Gasteiger partial charge >= 0.3 is 0 Å². The van der Waals surface area contributed by atoms with Gasteiger partial charge in [-0.1, -0.05) is 43.2 Å². The molecule has 3 aromatic carbocycles. The van der Waals surface area contributed by atoms with Crippen LogP contribution in [0.3, 0.4) is 0 Å². The molecule has 61 heavy (non-hydrogen) atoms. The van der Waals surface area contributed by atoms with Gasteiger partial charge in [0.25, 0.3) is 11.8 Å². The average molecular weight is 835 g/mol. The van der Waals surface area contributed by atoms with Crippen molar-refractivity contribution in [2.24, 2.45) is 5.92 Å². The summed E-state index contributed by atoms with van der Waals surface area (Å²) in [5, 5.41) is 5.31. The molecule has 5 aliphatic rings. The van der Waals surface area contributed by atoms with Gasteiger partial charge in [-0.05, 0) is 88.3 Å². The first kappa shape index (κ1) is 42.5. The van der Waals surface area contributed by atoms with Crippen molar-refractivity contribution in [1.29, 1.82) is 0 Å². The minimum Gasteiger partial charge on any atom is -0.369 e. The number of imide groups is 2. The maximum absolute atomic E-state index is 14.6. The monoisotopic (exact) mass is 834 g/mol.